The average Bonchev–Trinajstić information content (AvgIpc) is 2.74. The third-order valence-corrected chi connectivity index (χ3v) is 4.82. The van der Waals surface area contributed by atoms with Crippen LogP contribution in [0.4, 0.5) is 0 Å². The van der Waals surface area contributed by atoms with E-state index in [0.29, 0.717) is 0 Å². The zero-order chi connectivity index (χ0) is 17.7. The van der Waals surface area contributed by atoms with Crippen molar-refractivity contribution in [1.29, 1.82) is 0 Å². The number of carboxylic acid groups (broad SMARTS) is 1. The molecule has 0 heterocycles. The van der Waals surface area contributed by atoms with Gasteiger partial charge >= 0.3 is 5.97 Å². The highest BCUT2D eigenvalue weighted by Gasteiger charge is 2.49. The molecule has 8 N–H and O–H groups in total. The summed E-state index contributed by atoms with van der Waals surface area (Å²) >= 11 is 0. The quantitative estimate of drug-likeness (QED) is 0.317. The average molecular weight is 327 g/mol. The highest BCUT2D eigenvalue weighted by atomic mass is 16.4. The van der Waals surface area contributed by atoms with Gasteiger partial charge in [0, 0.05) is 24.9 Å². The van der Waals surface area contributed by atoms with Crippen LogP contribution < -0.4 is 22.5 Å². The molecule has 0 radical (unpaired) electrons. The van der Waals surface area contributed by atoms with Gasteiger partial charge in [0.25, 0.3) is 0 Å². The number of nitrogens with one attached hydrogen (secondary N) is 1. The van der Waals surface area contributed by atoms with Crippen LogP contribution in [0.3, 0.4) is 0 Å². The van der Waals surface area contributed by atoms with Crippen molar-refractivity contribution in [2.75, 3.05) is 0 Å². The van der Waals surface area contributed by atoms with Crippen molar-refractivity contribution in [2.24, 2.45) is 39.9 Å². The summed E-state index contributed by atoms with van der Waals surface area (Å²) in [5, 5.41) is 12.3. The molecule has 132 valence electrons. The summed E-state index contributed by atoms with van der Waals surface area (Å²) < 4.78 is 0. The summed E-state index contributed by atoms with van der Waals surface area (Å²) in [6.45, 7) is 5.52. The standard InChI is InChI=1S/C15H29N5O3/c1-4-8(5-2)13(19-7(3)21)11-10(20-15(17)18)6-9(12(11)16)14(22)23/h8-13H,4-6,16H2,1-3H3,(H,19,21)(H,22,23)(H4,17,18,20)/t9-,10+,11-,12+,13+/m0/s1. The predicted octanol–water partition coefficient (Wildman–Crippen LogP) is -0.383. The van der Waals surface area contributed by atoms with E-state index in [1.165, 1.54) is 6.92 Å². The van der Waals surface area contributed by atoms with Crippen molar-refractivity contribution < 1.29 is 14.7 Å². The highest BCUT2D eigenvalue weighted by Crippen LogP contribution is 2.38. The minimum atomic E-state index is -0.957. The summed E-state index contributed by atoms with van der Waals surface area (Å²) in [7, 11) is 0. The van der Waals surface area contributed by atoms with Gasteiger partial charge in [-0.15, -0.1) is 0 Å². The van der Waals surface area contributed by atoms with Crippen LogP contribution in [0.5, 0.6) is 0 Å². The van der Waals surface area contributed by atoms with Gasteiger partial charge in [-0.25, -0.2) is 4.99 Å². The Morgan fingerprint density at radius 3 is 2.26 bits per heavy atom. The number of carboxylic acids is 1. The molecule has 1 aliphatic rings. The Hall–Kier alpha value is -1.83. The molecule has 1 amide bonds. The normalized spacial score (nSPS) is 28.4. The summed E-state index contributed by atoms with van der Waals surface area (Å²) in [5.74, 6) is -2.08. The van der Waals surface area contributed by atoms with E-state index in [1.807, 2.05) is 13.8 Å². The Balaban J connectivity index is 3.23. The lowest BCUT2D eigenvalue weighted by molar-refractivity contribution is -0.142. The zero-order valence-corrected chi connectivity index (χ0v) is 14.0. The Morgan fingerprint density at radius 1 is 1.30 bits per heavy atom. The molecule has 1 aliphatic carbocycles. The number of nitrogens with two attached hydrogens (primary N) is 3. The number of carbonyl (C=O) groups is 2. The van der Waals surface area contributed by atoms with Crippen molar-refractivity contribution in [3.05, 3.63) is 0 Å². The van der Waals surface area contributed by atoms with Crippen LogP contribution in [0, 0.1) is 17.8 Å². The molecule has 0 bridgehead atoms. The lowest BCUT2D eigenvalue weighted by atomic mass is 9.80. The van der Waals surface area contributed by atoms with Crippen molar-refractivity contribution in [3.63, 3.8) is 0 Å². The minimum absolute atomic E-state index is 0.0932. The molecule has 8 nitrogen and oxygen atoms in total. The molecule has 0 aromatic heterocycles. The van der Waals surface area contributed by atoms with Crippen LogP contribution in [0.2, 0.25) is 0 Å². The first kappa shape index (κ1) is 19.2. The largest absolute Gasteiger partial charge is 0.481 e. The summed E-state index contributed by atoms with van der Waals surface area (Å²) in [6.07, 6.45) is 1.96. The third-order valence-electron chi connectivity index (χ3n) is 4.82. The van der Waals surface area contributed by atoms with E-state index in [9.17, 15) is 14.7 Å². The van der Waals surface area contributed by atoms with E-state index >= 15 is 0 Å². The molecule has 1 saturated carbocycles. The van der Waals surface area contributed by atoms with E-state index in [0.717, 1.165) is 12.8 Å². The van der Waals surface area contributed by atoms with Gasteiger partial charge in [0.2, 0.25) is 5.91 Å². The first-order valence-corrected chi connectivity index (χ1v) is 8.07. The molecule has 0 saturated heterocycles. The molecular formula is C15H29N5O3. The Bertz CT molecular complexity index is 460. The van der Waals surface area contributed by atoms with Crippen molar-refractivity contribution >= 4 is 17.8 Å². The number of aliphatic carboxylic acids is 1. The number of amides is 1. The number of aliphatic imine (C=N–C) groups is 1. The van der Waals surface area contributed by atoms with E-state index in [4.69, 9.17) is 17.2 Å². The SMILES string of the molecule is CCC(CC)[C@@H](NC(C)=O)[C@@H]1[C@H](N)[C@@H](C(=O)O)C[C@H]1N=C(N)N. The molecular weight excluding hydrogens is 298 g/mol. The van der Waals surface area contributed by atoms with Gasteiger partial charge in [-0.2, -0.15) is 0 Å². The first-order chi connectivity index (χ1) is 10.7. The fraction of sp³-hybridized carbons (Fsp3) is 0.800. The van der Waals surface area contributed by atoms with Crippen LogP contribution in [-0.2, 0) is 9.59 Å². The van der Waals surface area contributed by atoms with Crippen LogP contribution >= 0.6 is 0 Å². The van der Waals surface area contributed by atoms with E-state index in [1.54, 1.807) is 0 Å². The molecule has 0 aromatic rings. The molecule has 23 heavy (non-hydrogen) atoms. The second-order valence-corrected chi connectivity index (χ2v) is 6.26. The first-order valence-electron chi connectivity index (χ1n) is 8.07. The monoisotopic (exact) mass is 327 g/mol. The van der Waals surface area contributed by atoms with Gasteiger partial charge in [0.15, 0.2) is 5.96 Å². The summed E-state index contributed by atoms with van der Waals surface area (Å²) in [6, 6.07) is -1.28. The fourth-order valence-corrected chi connectivity index (χ4v) is 3.73. The van der Waals surface area contributed by atoms with Crippen LogP contribution in [-0.4, -0.2) is 41.1 Å². The van der Waals surface area contributed by atoms with Crippen molar-refractivity contribution in [3.8, 4) is 0 Å². The molecule has 0 aromatic carbocycles. The number of hydrogen-bond acceptors (Lipinski definition) is 4. The molecule has 5 atom stereocenters. The molecule has 0 spiro atoms. The van der Waals surface area contributed by atoms with Crippen LogP contribution in [0.1, 0.15) is 40.0 Å². The lowest BCUT2D eigenvalue weighted by Gasteiger charge is -2.35. The second kappa shape index (κ2) is 8.14. The van der Waals surface area contributed by atoms with Gasteiger partial charge in [-0.3, -0.25) is 9.59 Å². The molecule has 0 aliphatic heterocycles. The van der Waals surface area contributed by atoms with Gasteiger partial charge in [-0.05, 0) is 12.3 Å². The molecule has 8 heteroatoms. The highest BCUT2D eigenvalue weighted by molar-refractivity contribution is 5.77. The van der Waals surface area contributed by atoms with Crippen LogP contribution in [0.25, 0.3) is 0 Å². The van der Waals surface area contributed by atoms with Crippen molar-refractivity contribution in [2.45, 2.75) is 58.2 Å². The minimum Gasteiger partial charge on any atom is -0.481 e. The topological polar surface area (TPSA) is 157 Å². The van der Waals surface area contributed by atoms with E-state index in [2.05, 4.69) is 10.3 Å². The molecule has 0 unspecified atom stereocenters. The van der Waals surface area contributed by atoms with Gasteiger partial charge in [0.1, 0.15) is 0 Å². The number of guanidine groups is 1. The maximum Gasteiger partial charge on any atom is 0.308 e. The van der Waals surface area contributed by atoms with Gasteiger partial charge in [0.05, 0.1) is 12.0 Å². The van der Waals surface area contributed by atoms with E-state index in [-0.39, 0.29) is 36.2 Å². The maximum atomic E-state index is 11.6. The Kier molecular flexibility index (Phi) is 6.80. The Morgan fingerprint density at radius 2 is 1.87 bits per heavy atom. The van der Waals surface area contributed by atoms with E-state index < -0.39 is 24.0 Å². The number of hydrogen-bond donors (Lipinski definition) is 5. The molecule has 1 rings (SSSR count). The smallest absolute Gasteiger partial charge is 0.308 e. The fourth-order valence-electron chi connectivity index (χ4n) is 3.73. The maximum absolute atomic E-state index is 11.6. The van der Waals surface area contributed by atoms with Crippen molar-refractivity contribution in [1.82, 2.24) is 5.32 Å². The molecule has 1 fully saturated rings. The zero-order valence-electron chi connectivity index (χ0n) is 14.0. The number of carbonyl (C=O) groups excluding carboxylic acids is 1. The predicted molar refractivity (Wildman–Crippen MR) is 88.5 cm³/mol. The summed E-state index contributed by atoms with van der Waals surface area (Å²) in [5.41, 5.74) is 17.2. The summed E-state index contributed by atoms with van der Waals surface area (Å²) in [4.78, 5) is 27.3. The third kappa shape index (κ3) is 4.57. The van der Waals surface area contributed by atoms with Crippen LogP contribution in [0.15, 0.2) is 4.99 Å². The Labute approximate surface area is 136 Å². The number of rotatable bonds is 7. The van der Waals surface area contributed by atoms with Gasteiger partial charge in [-0.1, -0.05) is 26.7 Å². The lowest BCUT2D eigenvalue weighted by Crippen LogP contribution is -2.53. The van der Waals surface area contributed by atoms with Gasteiger partial charge < -0.3 is 27.6 Å². The second-order valence-electron chi connectivity index (χ2n) is 6.26. The number of nitrogens with zero attached hydrogens (tertiary/aromatic N) is 1.